The summed E-state index contributed by atoms with van der Waals surface area (Å²) in [6.07, 6.45) is 8.95. The highest BCUT2D eigenvalue weighted by Gasteiger charge is 2.53. The van der Waals surface area contributed by atoms with E-state index in [2.05, 4.69) is 0 Å². The van der Waals surface area contributed by atoms with E-state index in [0.717, 1.165) is 12.3 Å². The van der Waals surface area contributed by atoms with E-state index in [-0.39, 0.29) is 0 Å². The zero-order chi connectivity index (χ0) is 8.18. The average molecular weight is 164 g/mol. The lowest BCUT2D eigenvalue weighted by atomic mass is 9.56. The average Bonchev–Trinajstić information content (AvgIpc) is 2.46. The summed E-state index contributed by atoms with van der Waals surface area (Å²) in [7, 11) is 0. The molecule has 4 fully saturated rings. The molecular weight excluding hydrogens is 148 g/mol. The van der Waals surface area contributed by atoms with Crippen LogP contribution >= 0.6 is 0 Å². The zero-order valence-electron chi connectivity index (χ0n) is 7.51. The van der Waals surface area contributed by atoms with Crippen molar-refractivity contribution in [1.29, 1.82) is 0 Å². The molecule has 66 valence electrons. The molecule has 0 heterocycles. The fourth-order valence-electron chi connectivity index (χ4n) is 3.94. The van der Waals surface area contributed by atoms with E-state index in [1.807, 2.05) is 0 Å². The molecule has 4 aliphatic carbocycles. The van der Waals surface area contributed by atoms with E-state index in [9.17, 15) is 4.79 Å². The first-order valence-electron chi connectivity index (χ1n) is 5.33. The molecule has 0 aliphatic heterocycles. The zero-order valence-corrected chi connectivity index (χ0v) is 7.51. The minimum Gasteiger partial charge on any atom is -0.299 e. The molecule has 0 aromatic heterocycles. The number of carbonyl (C=O) groups excluding carboxylic acids is 1. The number of Topliss-reactive ketones (excluding diaryl/α,β-unsaturated/α-hetero) is 1. The van der Waals surface area contributed by atoms with Crippen molar-refractivity contribution < 1.29 is 4.79 Å². The summed E-state index contributed by atoms with van der Waals surface area (Å²) in [4.78, 5) is 11.6. The van der Waals surface area contributed by atoms with E-state index < -0.39 is 0 Å². The number of fused-ring (bicyclic) bond motifs is 2. The van der Waals surface area contributed by atoms with Gasteiger partial charge in [0.15, 0.2) is 0 Å². The number of carbonyl (C=O) groups is 1. The van der Waals surface area contributed by atoms with E-state index in [4.69, 9.17) is 0 Å². The van der Waals surface area contributed by atoms with Crippen molar-refractivity contribution in [1.82, 2.24) is 0 Å². The number of hydrogen-bond acceptors (Lipinski definition) is 1. The lowest BCUT2D eigenvalue weighted by molar-refractivity contribution is -0.136. The molecule has 0 amide bonds. The minimum absolute atomic E-state index is 0.481. The number of hydrogen-bond donors (Lipinski definition) is 0. The molecule has 3 unspecified atom stereocenters. The van der Waals surface area contributed by atoms with Gasteiger partial charge >= 0.3 is 0 Å². The molecule has 0 radical (unpaired) electrons. The summed E-state index contributed by atoms with van der Waals surface area (Å²) in [5.74, 6) is 2.02. The summed E-state index contributed by atoms with van der Waals surface area (Å²) >= 11 is 0. The van der Waals surface area contributed by atoms with Gasteiger partial charge in [0.1, 0.15) is 5.78 Å². The lowest BCUT2D eigenvalue weighted by Gasteiger charge is -2.48. The maximum absolute atomic E-state index is 11.6. The van der Waals surface area contributed by atoms with Crippen molar-refractivity contribution in [3.8, 4) is 0 Å². The SMILES string of the molecule is O=C1CC23CCCC2CC1CC3. The molecule has 1 heteroatoms. The number of rotatable bonds is 0. The van der Waals surface area contributed by atoms with Gasteiger partial charge in [-0.3, -0.25) is 4.79 Å². The predicted octanol–water partition coefficient (Wildman–Crippen LogP) is 2.55. The maximum Gasteiger partial charge on any atom is 0.136 e. The van der Waals surface area contributed by atoms with E-state index in [1.165, 1.54) is 38.5 Å². The topological polar surface area (TPSA) is 17.1 Å². The Hall–Kier alpha value is -0.330. The van der Waals surface area contributed by atoms with Crippen LogP contribution in [0.2, 0.25) is 0 Å². The Morgan fingerprint density at radius 2 is 2.17 bits per heavy atom. The van der Waals surface area contributed by atoms with Gasteiger partial charge in [-0.15, -0.1) is 0 Å². The van der Waals surface area contributed by atoms with E-state index in [0.29, 0.717) is 17.1 Å². The first kappa shape index (κ1) is 7.11. The van der Waals surface area contributed by atoms with Crippen LogP contribution in [-0.2, 0) is 4.79 Å². The van der Waals surface area contributed by atoms with Crippen LogP contribution in [0.4, 0.5) is 0 Å². The Morgan fingerprint density at radius 1 is 1.25 bits per heavy atom. The molecule has 2 bridgehead atoms. The third kappa shape index (κ3) is 0.725. The first-order chi connectivity index (χ1) is 5.80. The normalized spacial score (nSPS) is 51.2. The predicted molar refractivity (Wildman–Crippen MR) is 46.7 cm³/mol. The fraction of sp³-hybridized carbons (Fsp3) is 0.909. The third-order valence-electron chi connectivity index (χ3n) is 4.63. The molecule has 4 saturated carbocycles. The molecular formula is C11H16O. The lowest BCUT2D eigenvalue weighted by Crippen LogP contribution is -2.44. The summed E-state index contributed by atoms with van der Waals surface area (Å²) in [5.41, 5.74) is 0.520. The molecule has 12 heavy (non-hydrogen) atoms. The standard InChI is InChI=1S/C11H16O/c12-10-7-11-4-1-2-9(11)6-8(10)3-5-11/h8-9H,1-7H2. The van der Waals surface area contributed by atoms with Crippen LogP contribution in [0.25, 0.3) is 0 Å². The van der Waals surface area contributed by atoms with E-state index >= 15 is 0 Å². The largest absolute Gasteiger partial charge is 0.299 e. The van der Waals surface area contributed by atoms with Crippen LogP contribution < -0.4 is 0 Å². The van der Waals surface area contributed by atoms with E-state index in [1.54, 1.807) is 0 Å². The highest BCUT2D eigenvalue weighted by atomic mass is 16.1. The summed E-state index contributed by atoms with van der Waals surface area (Å²) in [5, 5.41) is 0. The van der Waals surface area contributed by atoms with Gasteiger partial charge in [-0.1, -0.05) is 6.42 Å². The minimum atomic E-state index is 0.481. The van der Waals surface area contributed by atoms with Gasteiger partial charge in [-0.2, -0.15) is 0 Å². The van der Waals surface area contributed by atoms with Crippen LogP contribution in [0.5, 0.6) is 0 Å². The molecule has 0 aromatic rings. The van der Waals surface area contributed by atoms with Crippen LogP contribution in [0.1, 0.15) is 44.9 Å². The first-order valence-corrected chi connectivity index (χ1v) is 5.33. The van der Waals surface area contributed by atoms with Gasteiger partial charge in [0.25, 0.3) is 0 Å². The van der Waals surface area contributed by atoms with Gasteiger partial charge in [-0.25, -0.2) is 0 Å². The summed E-state index contributed by atoms with van der Waals surface area (Å²) in [6, 6.07) is 0. The van der Waals surface area contributed by atoms with Crippen molar-refractivity contribution in [2.24, 2.45) is 17.3 Å². The Bertz CT molecular complexity index is 233. The Balaban J connectivity index is 1.98. The molecule has 1 nitrogen and oxygen atoms in total. The summed E-state index contributed by atoms with van der Waals surface area (Å²) in [6.45, 7) is 0. The molecule has 0 saturated heterocycles. The Kier molecular flexibility index (Phi) is 1.26. The summed E-state index contributed by atoms with van der Waals surface area (Å²) < 4.78 is 0. The smallest absolute Gasteiger partial charge is 0.136 e. The van der Waals surface area contributed by atoms with Crippen molar-refractivity contribution in [3.05, 3.63) is 0 Å². The van der Waals surface area contributed by atoms with Gasteiger partial charge < -0.3 is 0 Å². The highest BCUT2D eigenvalue weighted by molar-refractivity contribution is 5.83. The van der Waals surface area contributed by atoms with Gasteiger partial charge in [-0.05, 0) is 43.4 Å². The quantitative estimate of drug-likeness (QED) is 0.537. The van der Waals surface area contributed by atoms with Crippen LogP contribution in [0.15, 0.2) is 0 Å². The Morgan fingerprint density at radius 3 is 3.00 bits per heavy atom. The highest BCUT2D eigenvalue weighted by Crippen LogP contribution is 2.59. The molecule has 0 N–H and O–H groups in total. The van der Waals surface area contributed by atoms with Crippen LogP contribution in [-0.4, -0.2) is 5.78 Å². The molecule has 4 rings (SSSR count). The van der Waals surface area contributed by atoms with Crippen molar-refractivity contribution in [2.45, 2.75) is 44.9 Å². The van der Waals surface area contributed by atoms with Crippen molar-refractivity contribution in [3.63, 3.8) is 0 Å². The second kappa shape index (κ2) is 2.12. The molecule has 1 spiro atoms. The van der Waals surface area contributed by atoms with Gasteiger partial charge in [0.05, 0.1) is 0 Å². The maximum atomic E-state index is 11.6. The van der Waals surface area contributed by atoms with Gasteiger partial charge in [0.2, 0.25) is 0 Å². The number of ketones is 1. The monoisotopic (exact) mass is 164 g/mol. The van der Waals surface area contributed by atoms with Crippen molar-refractivity contribution in [2.75, 3.05) is 0 Å². The van der Waals surface area contributed by atoms with Gasteiger partial charge in [0, 0.05) is 12.3 Å². The molecule has 3 atom stereocenters. The second-order valence-corrected chi connectivity index (χ2v) is 5.07. The second-order valence-electron chi connectivity index (χ2n) is 5.07. The van der Waals surface area contributed by atoms with Crippen molar-refractivity contribution >= 4 is 5.78 Å². The van der Waals surface area contributed by atoms with Crippen LogP contribution in [0, 0.1) is 17.3 Å². The Labute approximate surface area is 73.5 Å². The molecule has 0 aromatic carbocycles. The van der Waals surface area contributed by atoms with Crippen LogP contribution in [0.3, 0.4) is 0 Å². The fourth-order valence-corrected chi connectivity index (χ4v) is 3.94. The third-order valence-corrected chi connectivity index (χ3v) is 4.63. The molecule has 4 aliphatic rings.